The molecular formula is C23H19FN8O2. The first-order valence-corrected chi connectivity index (χ1v) is 10.3. The minimum atomic E-state index is -0.806. The Labute approximate surface area is 192 Å². The highest BCUT2D eigenvalue weighted by Crippen LogP contribution is 2.33. The number of halogens is 1. The molecule has 0 saturated carbocycles. The van der Waals surface area contributed by atoms with Crippen molar-refractivity contribution in [1.29, 1.82) is 0 Å². The summed E-state index contributed by atoms with van der Waals surface area (Å²) in [6.45, 7) is 0.205. The van der Waals surface area contributed by atoms with E-state index in [0.29, 0.717) is 16.9 Å². The van der Waals surface area contributed by atoms with Gasteiger partial charge in [0.1, 0.15) is 17.2 Å². The number of benzene rings is 1. The highest BCUT2D eigenvalue weighted by molar-refractivity contribution is 5.89. The molecule has 11 heteroatoms. The van der Waals surface area contributed by atoms with Crippen LogP contribution in [0.2, 0.25) is 0 Å². The molecule has 0 radical (unpaired) electrons. The number of H-pyrrole nitrogens is 1. The van der Waals surface area contributed by atoms with Gasteiger partial charge in [-0.25, -0.2) is 19.2 Å². The maximum absolute atomic E-state index is 14.6. The molecular weight excluding hydrogens is 439 g/mol. The minimum absolute atomic E-state index is 0.205. The van der Waals surface area contributed by atoms with Crippen LogP contribution in [0, 0.1) is 5.82 Å². The lowest BCUT2D eigenvalue weighted by atomic mass is 10.1. The average molecular weight is 458 g/mol. The summed E-state index contributed by atoms with van der Waals surface area (Å²) in [7, 11) is 1.82. The first-order valence-electron chi connectivity index (χ1n) is 10.3. The number of carbonyl (C=O) groups excluding carboxylic acids is 1. The van der Waals surface area contributed by atoms with Gasteiger partial charge in [0.2, 0.25) is 0 Å². The summed E-state index contributed by atoms with van der Waals surface area (Å²) in [5, 5.41) is 6.76. The van der Waals surface area contributed by atoms with Crippen LogP contribution in [-0.4, -0.2) is 35.8 Å². The highest BCUT2D eigenvalue weighted by atomic mass is 19.1. The summed E-state index contributed by atoms with van der Waals surface area (Å²) < 4.78 is 21.6. The van der Waals surface area contributed by atoms with Crippen LogP contribution in [0.25, 0.3) is 33.5 Å². The zero-order chi connectivity index (χ0) is 23.7. The number of aryl methyl sites for hydroxylation is 1. The number of nitrogens with zero attached hydrogens (tertiary/aromatic N) is 5. The van der Waals surface area contributed by atoms with Gasteiger partial charge in [-0.2, -0.15) is 5.10 Å². The Kier molecular flexibility index (Phi) is 5.34. The van der Waals surface area contributed by atoms with Crippen LogP contribution < -0.4 is 15.8 Å². The van der Waals surface area contributed by atoms with E-state index in [9.17, 15) is 9.18 Å². The van der Waals surface area contributed by atoms with Gasteiger partial charge in [-0.15, -0.1) is 0 Å². The number of hydrogen-bond acceptors (Lipinski definition) is 7. The van der Waals surface area contributed by atoms with E-state index in [1.807, 2.05) is 19.3 Å². The maximum atomic E-state index is 14.6. The Hall–Kier alpha value is -4.80. The molecule has 0 fully saturated rings. The number of imidazole rings is 1. The van der Waals surface area contributed by atoms with Crippen molar-refractivity contribution in [2.45, 2.75) is 6.54 Å². The van der Waals surface area contributed by atoms with Crippen LogP contribution in [0.1, 0.15) is 5.56 Å². The third-order valence-corrected chi connectivity index (χ3v) is 5.16. The Balaban J connectivity index is 1.45. The Morgan fingerprint density at radius 2 is 2.03 bits per heavy atom. The number of nitrogens with two attached hydrogens (primary N) is 1. The molecule has 0 aliphatic carbocycles. The lowest BCUT2D eigenvalue weighted by Crippen LogP contribution is -2.26. The first kappa shape index (κ1) is 21.1. The van der Waals surface area contributed by atoms with Crippen molar-refractivity contribution in [3.8, 4) is 28.3 Å². The number of fused-ring (bicyclic) bond motifs is 1. The van der Waals surface area contributed by atoms with Gasteiger partial charge in [0.15, 0.2) is 11.6 Å². The second-order valence-corrected chi connectivity index (χ2v) is 7.51. The Morgan fingerprint density at radius 1 is 1.21 bits per heavy atom. The smallest absolute Gasteiger partial charge is 0.405 e. The molecule has 0 aliphatic rings. The normalized spacial score (nSPS) is 11.0. The molecule has 4 heterocycles. The molecule has 1 amide bonds. The van der Waals surface area contributed by atoms with Crippen molar-refractivity contribution >= 4 is 22.9 Å². The van der Waals surface area contributed by atoms with Gasteiger partial charge < -0.3 is 20.8 Å². The second-order valence-electron chi connectivity index (χ2n) is 7.51. The summed E-state index contributed by atoms with van der Waals surface area (Å²) in [6.07, 6.45) is 7.61. The number of nitrogen functional groups attached to an aromatic ring is 1. The number of ether oxygens (including phenoxy) is 1. The van der Waals surface area contributed by atoms with Crippen LogP contribution in [0.3, 0.4) is 0 Å². The van der Waals surface area contributed by atoms with Gasteiger partial charge in [-0.1, -0.05) is 0 Å². The van der Waals surface area contributed by atoms with Crippen molar-refractivity contribution in [3.63, 3.8) is 0 Å². The molecule has 0 bridgehead atoms. The predicted molar refractivity (Wildman–Crippen MR) is 123 cm³/mol. The number of pyridine rings is 2. The molecule has 0 unspecified atom stereocenters. The summed E-state index contributed by atoms with van der Waals surface area (Å²) >= 11 is 0. The van der Waals surface area contributed by atoms with E-state index in [0.717, 1.165) is 16.7 Å². The fourth-order valence-corrected chi connectivity index (χ4v) is 3.45. The van der Waals surface area contributed by atoms with Crippen molar-refractivity contribution in [2.24, 2.45) is 7.05 Å². The van der Waals surface area contributed by atoms with Gasteiger partial charge in [-0.05, 0) is 35.9 Å². The van der Waals surface area contributed by atoms with E-state index in [1.54, 1.807) is 41.6 Å². The zero-order valence-electron chi connectivity index (χ0n) is 18.0. The number of rotatable bonds is 5. The number of nitrogens with one attached hydrogen (secondary N) is 2. The number of hydrogen-bond donors (Lipinski definition) is 3. The quantitative estimate of drug-likeness (QED) is 0.367. The number of anilines is 1. The van der Waals surface area contributed by atoms with Crippen LogP contribution in [0.4, 0.5) is 15.0 Å². The highest BCUT2D eigenvalue weighted by Gasteiger charge is 2.19. The van der Waals surface area contributed by atoms with Crippen molar-refractivity contribution in [1.82, 2.24) is 35.0 Å². The molecule has 5 aromatic rings. The fourth-order valence-electron chi connectivity index (χ4n) is 3.45. The Morgan fingerprint density at radius 3 is 2.79 bits per heavy atom. The first-order chi connectivity index (χ1) is 16.5. The summed E-state index contributed by atoms with van der Waals surface area (Å²) in [5.74, 6) is -0.376. The molecule has 4 N–H and O–H groups in total. The third-order valence-electron chi connectivity index (χ3n) is 5.16. The van der Waals surface area contributed by atoms with E-state index >= 15 is 0 Å². The topological polar surface area (TPSA) is 137 Å². The van der Waals surface area contributed by atoms with E-state index in [4.69, 9.17) is 10.5 Å². The average Bonchev–Trinajstić information content (AvgIpc) is 3.47. The molecule has 170 valence electrons. The van der Waals surface area contributed by atoms with Crippen molar-refractivity contribution in [2.75, 3.05) is 5.73 Å². The standard InChI is InChI=1S/C23H19FN8O2/c1-32-12-15(11-29-32)14-8-16(21(25)27-10-14)22-30-18-3-2-17(24)20(19(18)31-22)34-23(33)28-9-13-4-6-26-7-5-13/h2-8,10-12H,9H2,1H3,(H2,25,27)(H,28,33)(H,30,31). The molecule has 4 aromatic heterocycles. The maximum Gasteiger partial charge on any atom is 0.413 e. The van der Waals surface area contributed by atoms with Crippen molar-refractivity contribution in [3.05, 3.63) is 72.7 Å². The van der Waals surface area contributed by atoms with E-state index in [2.05, 4.69) is 30.4 Å². The zero-order valence-corrected chi connectivity index (χ0v) is 18.0. The molecule has 34 heavy (non-hydrogen) atoms. The van der Waals surface area contributed by atoms with Gasteiger partial charge >= 0.3 is 6.09 Å². The van der Waals surface area contributed by atoms with Crippen LogP contribution in [0.5, 0.6) is 5.75 Å². The van der Waals surface area contributed by atoms with Gasteiger partial charge in [-0.3, -0.25) is 9.67 Å². The number of aromatic nitrogens is 6. The minimum Gasteiger partial charge on any atom is -0.405 e. The van der Waals surface area contributed by atoms with E-state index in [-0.39, 0.29) is 23.6 Å². The summed E-state index contributed by atoms with van der Waals surface area (Å²) in [5.41, 5.74) is 9.72. The molecule has 5 rings (SSSR count). The molecule has 0 atom stereocenters. The molecule has 10 nitrogen and oxygen atoms in total. The monoisotopic (exact) mass is 458 g/mol. The largest absolute Gasteiger partial charge is 0.413 e. The summed E-state index contributed by atoms with van der Waals surface area (Å²) in [6, 6.07) is 7.99. The van der Waals surface area contributed by atoms with Crippen LogP contribution in [-0.2, 0) is 13.6 Å². The number of aromatic amines is 1. The predicted octanol–water partition coefficient (Wildman–Crippen LogP) is 3.43. The van der Waals surface area contributed by atoms with Gasteiger partial charge in [0.25, 0.3) is 0 Å². The lowest BCUT2D eigenvalue weighted by Gasteiger charge is -2.08. The summed E-state index contributed by atoms with van der Waals surface area (Å²) in [4.78, 5) is 28.0. The number of amides is 1. The molecule has 0 spiro atoms. The van der Waals surface area contributed by atoms with Crippen LogP contribution >= 0.6 is 0 Å². The SMILES string of the molecule is Cn1cc(-c2cnc(N)c(-c3nc4ccc(F)c(OC(=O)NCc5ccncc5)c4[nH]3)c2)cn1. The third kappa shape index (κ3) is 4.13. The fraction of sp³-hybridized carbons (Fsp3) is 0.0870. The number of carbonyl (C=O) groups is 1. The lowest BCUT2D eigenvalue weighted by molar-refractivity contribution is 0.198. The van der Waals surface area contributed by atoms with Crippen molar-refractivity contribution < 1.29 is 13.9 Å². The second kappa shape index (κ2) is 8.62. The molecule has 1 aromatic carbocycles. The van der Waals surface area contributed by atoms with E-state index in [1.165, 1.54) is 12.1 Å². The van der Waals surface area contributed by atoms with E-state index < -0.39 is 11.9 Å². The van der Waals surface area contributed by atoms with Crippen LogP contribution in [0.15, 0.2) is 61.3 Å². The Bertz CT molecular complexity index is 1500. The van der Waals surface area contributed by atoms with Gasteiger partial charge in [0.05, 0.1) is 17.3 Å². The van der Waals surface area contributed by atoms with Gasteiger partial charge in [0, 0.05) is 49.5 Å². The molecule has 0 aliphatic heterocycles. The molecule has 0 saturated heterocycles.